The van der Waals surface area contributed by atoms with Crippen LogP contribution in [0.5, 0.6) is 0 Å². The number of aromatic nitrogens is 6. The fraction of sp³-hybridized carbons (Fsp3) is 0.250. The van der Waals surface area contributed by atoms with Gasteiger partial charge in [0.1, 0.15) is 0 Å². The Morgan fingerprint density at radius 3 is 2.67 bits per heavy atom. The van der Waals surface area contributed by atoms with Crippen molar-refractivity contribution < 1.29 is 19.1 Å². The number of carbonyl (C=O) groups is 2. The molecule has 10 nitrogen and oxygen atoms in total. The molecular formula is C8H8N6O4. The number of carbonyl (C=O) groups excluding carboxylic acids is 2. The summed E-state index contributed by atoms with van der Waals surface area (Å²) in [6.07, 6.45) is 1.27. The molecule has 1 N–H and O–H groups in total. The van der Waals surface area contributed by atoms with E-state index in [0.717, 1.165) is 4.68 Å². The van der Waals surface area contributed by atoms with E-state index in [1.165, 1.54) is 20.4 Å². The highest BCUT2D eigenvalue weighted by molar-refractivity contribution is 5.86. The normalized spacial score (nSPS) is 10.1. The van der Waals surface area contributed by atoms with E-state index in [1.54, 1.807) is 0 Å². The standard InChI is InChI=1S/C8H8N6O4/c1-17-6(15)4-3-14(13-10-4)8-9-5(11-12-8)7(16)18-2/h3H,1-2H3,(H,9,11,12). The van der Waals surface area contributed by atoms with Crippen LogP contribution in [0.3, 0.4) is 0 Å². The second kappa shape index (κ2) is 4.61. The van der Waals surface area contributed by atoms with Crippen LogP contribution in [0, 0.1) is 0 Å². The van der Waals surface area contributed by atoms with Gasteiger partial charge in [-0.25, -0.2) is 9.59 Å². The third-order valence-corrected chi connectivity index (χ3v) is 1.95. The van der Waals surface area contributed by atoms with Crippen LogP contribution < -0.4 is 0 Å². The van der Waals surface area contributed by atoms with Gasteiger partial charge in [0.05, 0.1) is 20.4 Å². The molecule has 0 bridgehead atoms. The van der Waals surface area contributed by atoms with Crippen molar-refractivity contribution >= 4 is 11.9 Å². The van der Waals surface area contributed by atoms with E-state index in [9.17, 15) is 9.59 Å². The topological polar surface area (TPSA) is 125 Å². The lowest BCUT2D eigenvalue weighted by Gasteiger charge is -1.91. The predicted octanol–water partition coefficient (Wildman–Crippen LogP) is -1.04. The molecule has 94 valence electrons. The predicted molar refractivity (Wildman–Crippen MR) is 54.0 cm³/mol. The maximum atomic E-state index is 11.2. The van der Waals surface area contributed by atoms with Crippen molar-refractivity contribution in [3.8, 4) is 5.95 Å². The molecule has 0 amide bonds. The van der Waals surface area contributed by atoms with Gasteiger partial charge in [-0.2, -0.15) is 9.67 Å². The van der Waals surface area contributed by atoms with Crippen molar-refractivity contribution in [3.05, 3.63) is 17.7 Å². The SMILES string of the molecule is COC(=O)c1cn(-c2n[nH]c(C(=O)OC)n2)nn1. The summed E-state index contributed by atoms with van der Waals surface area (Å²) in [5.74, 6) is -1.33. The first-order valence-electron chi connectivity index (χ1n) is 4.67. The third-order valence-electron chi connectivity index (χ3n) is 1.95. The number of aromatic amines is 1. The Balaban J connectivity index is 2.26. The molecule has 18 heavy (non-hydrogen) atoms. The van der Waals surface area contributed by atoms with Crippen LogP contribution in [0.4, 0.5) is 0 Å². The number of nitrogens with one attached hydrogen (secondary N) is 1. The molecule has 0 aliphatic heterocycles. The Kier molecular flexibility index (Phi) is 3.00. The maximum absolute atomic E-state index is 11.2. The molecule has 10 heteroatoms. The van der Waals surface area contributed by atoms with Gasteiger partial charge in [-0.3, -0.25) is 5.10 Å². The van der Waals surface area contributed by atoms with Crippen LogP contribution in [0.2, 0.25) is 0 Å². The van der Waals surface area contributed by atoms with Crippen molar-refractivity contribution in [1.82, 2.24) is 30.2 Å². The van der Waals surface area contributed by atoms with Crippen molar-refractivity contribution in [2.45, 2.75) is 0 Å². The molecule has 0 aliphatic carbocycles. The number of hydrogen-bond donors (Lipinski definition) is 1. The van der Waals surface area contributed by atoms with Gasteiger partial charge in [0, 0.05) is 0 Å². The van der Waals surface area contributed by atoms with Gasteiger partial charge in [-0.15, -0.1) is 10.2 Å². The summed E-state index contributed by atoms with van der Waals surface area (Å²) < 4.78 is 10.0. The molecule has 0 spiro atoms. The number of H-pyrrole nitrogens is 1. The average molecular weight is 252 g/mol. The second-order valence-corrected chi connectivity index (χ2v) is 3.02. The highest BCUT2D eigenvalue weighted by Gasteiger charge is 2.16. The lowest BCUT2D eigenvalue weighted by molar-refractivity contribution is 0.0581. The zero-order chi connectivity index (χ0) is 13.1. The van der Waals surface area contributed by atoms with Crippen molar-refractivity contribution in [2.24, 2.45) is 0 Å². The molecule has 0 atom stereocenters. The molecule has 2 aromatic heterocycles. The minimum Gasteiger partial charge on any atom is -0.464 e. The Bertz CT molecular complexity index is 536. The van der Waals surface area contributed by atoms with E-state index in [4.69, 9.17) is 0 Å². The van der Waals surface area contributed by atoms with E-state index in [1.807, 2.05) is 0 Å². The molecule has 2 rings (SSSR count). The van der Waals surface area contributed by atoms with Crippen LogP contribution >= 0.6 is 0 Å². The Hall–Kier alpha value is -2.78. The highest BCUT2D eigenvalue weighted by Crippen LogP contribution is 2.02. The number of ether oxygens (including phenoxy) is 2. The molecule has 0 aliphatic rings. The van der Waals surface area contributed by atoms with Gasteiger partial charge in [-0.1, -0.05) is 5.21 Å². The number of esters is 2. The first-order valence-corrected chi connectivity index (χ1v) is 4.67. The third kappa shape index (κ3) is 2.03. The molecule has 2 heterocycles. The maximum Gasteiger partial charge on any atom is 0.375 e. The molecule has 0 fully saturated rings. The van der Waals surface area contributed by atoms with Crippen LogP contribution in [-0.4, -0.2) is 56.3 Å². The minimum atomic E-state index is -0.665. The lowest BCUT2D eigenvalue weighted by atomic mass is 10.5. The van der Waals surface area contributed by atoms with Gasteiger partial charge in [0.25, 0.3) is 5.95 Å². The number of nitrogens with zero attached hydrogens (tertiary/aromatic N) is 5. The van der Waals surface area contributed by atoms with Crippen molar-refractivity contribution in [3.63, 3.8) is 0 Å². The monoisotopic (exact) mass is 252 g/mol. The fourth-order valence-electron chi connectivity index (χ4n) is 1.10. The zero-order valence-electron chi connectivity index (χ0n) is 9.45. The second-order valence-electron chi connectivity index (χ2n) is 3.02. The Morgan fingerprint density at radius 1 is 1.28 bits per heavy atom. The summed E-state index contributed by atoms with van der Waals surface area (Å²) in [5.41, 5.74) is 0.00178. The summed E-state index contributed by atoms with van der Waals surface area (Å²) in [5, 5.41) is 13.3. The highest BCUT2D eigenvalue weighted by atomic mass is 16.5. The van der Waals surface area contributed by atoms with Crippen LogP contribution in [0.15, 0.2) is 6.20 Å². The summed E-state index contributed by atoms with van der Waals surface area (Å²) in [6.45, 7) is 0. The molecule has 0 radical (unpaired) electrons. The largest absolute Gasteiger partial charge is 0.464 e. The van der Waals surface area contributed by atoms with Gasteiger partial charge in [0.2, 0.25) is 5.82 Å². The van der Waals surface area contributed by atoms with Crippen LogP contribution in [0.25, 0.3) is 5.95 Å². The van der Waals surface area contributed by atoms with E-state index in [-0.39, 0.29) is 17.5 Å². The molecule has 2 aromatic rings. The molecular weight excluding hydrogens is 244 g/mol. The first-order chi connectivity index (χ1) is 8.65. The van der Waals surface area contributed by atoms with E-state index < -0.39 is 11.9 Å². The average Bonchev–Trinajstić information content (AvgIpc) is 3.04. The van der Waals surface area contributed by atoms with E-state index >= 15 is 0 Å². The van der Waals surface area contributed by atoms with Crippen molar-refractivity contribution in [1.29, 1.82) is 0 Å². The lowest BCUT2D eigenvalue weighted by Crippen LogP contribution is -2.04. The summed E-state index contributed by atoms with van der Waals surface area (Å²) in [7, 11) is 2.44. The summed E-state index contributed by atoms with van der Waals surface area (Å²) >= 11 is 0. The fourth-order valence-corrected chi connectivity index (χ4v) is 1.10. The van der Waals surface area contributed by atoms with Gasteiger partial charge >= 0.3 is 11.9 Å². The number of methoxy groups -OCH3 is 2. The van der Waals surface area contributed by atoms with E-state index in [0.29, 0.717) is 0 Å². The molecule has 0 saturated heterocycles. The molecule has 0 aromatic carbocycles. The molecule has 0 saturated carbocycles. The van der Waals surface area contributed by atoms with E-state index in [2.05, 4.69) is 35.0 Å². The van der Waals surface area contributed by atoms with Crippen molar-refractivity contribution in [2.75, 3.05) is 14.2 Å². The quantitative estimate of drug-likeness (QED) is 0.686. The van der Waals surface area contributed by atoms with Gasteiger partial charge in [-0.05, 0) is 0 Å². The summed E-state index contributed by atoms with van der Waals surface area (Å²) in [4.78, 5) is 26.1. The molecule has 0 unspecified atom stereocenters. The first kappa shape index (κ1) is 11.7. The zero-order valence-corrected chi connectivity index (χ0v) is 9.45. The number of rotatable bonds is 3. The minimum absolute atomic E-state index is 0.00178. The van der Waals surface area contributed by atoms with Gasteiger partial charge in [0.15, 0.2) is 5.69 Å². The van der Waals surface area contributed by atoms with Gasteiger partial charge < -0.3 is 9.47 Å². The van der Waals surface area contributed by atoms with Crippen LogP contribution in [-0.2, 0) is 9.47 Å². The van der Waals surface area contributed by atoms with Crippen LogP contribution in [0.1, 0.15) is 21.1 Å². The smallest absolute Gasteiger partial charge is 0.375 e. The Morgan fingerprint density at radius 2 is 2.00 bits per heavy atom. The number of hydrogen-bond acceptors (Lipinski definition) is 8. The summed E-state index contributed by atoms with van der Waals surface area (Å²) in [6, 6.07) is 0. The Labute approximate surface area is 99.9 Å².